The van der Waals surface area contributed by atoms with Crippen LogP contribution in [0.15, 0.2) is 42.5 Å². The molecule has 2 aliphatic rings. The van der Waals surface area contributed by atoms with Gasteiger partial charge in [-0.1, -0.05) is 30.3 Å². The van der Waals surface area contributed by atoms with Crippen molar-refractivity contribution in [2.75, 3.05) is 36.5 Å². The molecule has 2 aliphatic heterocycles. The zero-order valence-corrected chi connectivity index (χ0v) is 17.4. The molecule has 1 N–H and O–H groups in total. The predicted molar refractivity (Wildman–Crippen MR) is 114 cm³/mol. The van der Waals surface area contributed by atoms with E-state index in [-0.39, 0.29) is 34.0 Å². The van der Waals surface area contributed by atoms with Crippen molar-refractivity contribution in [2.45, 2.75) is 19.4 Å². The van der Waals surface area contributed by atoms with E-state index in [4.69, 9.17) is 0 Å². The molecule has 0 fully saturated rings. The Morgan fingerprint density at radius 2 is 1.71 bits per heavy atom. The van der Waals surface area contributed by atoms with Crippen molar-refractivity contribution < 1.29 is 0 Å². The van der Waals surface area contributed by atoms with Gasteiger partial charge >= 0.3 is 0 Å². The second-order valence-electron chi connectivity index (χ2n) is 6.19. The molecule has 0 saturated heterocycles. The summed E-state index contributed by atoms with van der Waals surface area (Å²) in [6.07, 6.45) is 2.33. The zero-order chi connectivity index (χ0) is 14.9. The molecule has 0 saturated carbocycles. The fourth-order valence-electron chi connectivity index (χ4n) is 3.80. The summed E-state index contributed by atoms with van der Waals surface area (Å²) in [5.74, 6) is 0. The van der Waals surface area contributed by atoms with Gasteiger partial charge in [0.05, 0.1) is 11.4 Å². The minimum atomic E-state index is 0. The second kappa shape index (κ2) is 8.37. The smallest absolute Gasteiger partial charge is 0.0648 e. The molecule has 0 bridgehead atoms. The number of nitrogens with one attached hydrogen (secondary N) is 1. The van der Waals surface area contributed by atoms with Crippen LogP contribution in [0.5, 0.6) is 0 Å². The minimum absolute atomic E-state index is 0. The molecule has 24 heavy (non-hydrogen) atoms. The number of halogens is 2. The highest BCUT2D eigenvalue weighted by molar-refractivity contribution is 8.93. The number of rotatable bonds is 4. The maximum atomic E-state index is 3.26. The first kappa shape index (κ1) is 19.3. The van der Waals surface area contributed by atoms with E-state index < -0.39 is 0 Å². The van der Waals surface area contributed by atoms with Gasteiger partial charge in [0.1, 0.15) is 0 Å². The van der Waals surface area contributed by atoms with E-state index in [0.29, 0.717) is 0 Å². The first-order valence-electron chi connectivity index (χ1n) is 8.25. The molecular formula is C19H25Br2N3. The van der Waals surface area contributed by atoms with Crippen LogP contribution in [0.3, 0.4) is 0 Å². The SMILES string of the molecule is Br.Br.CNCCCN1Cc2cccc3c2N(CC3)c2ccccc21. The second-order valence-corrected chi connectivity index (χ2v) is 6.19. The standard InChI is InChI=1S/C19H23N3.2BrH/c1-20-11-5-12-21-14-16-7-4-6-15-10-13-22(19(15)16)18-9-3-2-8-17(18)21;;/h2-4,6-9,20H,5,10-14H2,1H3;2*1H. The summed E-state index contributed by atoms with van der Waals surface area (Å²) in [5, 5.41) is 3.26. The maximum absolute atomic E-state index is 3.26. The number of hydrogen-bond acceptors (Lipinski definition) is 3. The van der Waals surface area contributed by atoms with Crippen LogP contribution in [0.2, 0.25) is 0 Å². The van der Waals surface area contributed by atoms with E-state index in [1.165, 1.54) is 34.6 Å². The average molecular weight is 455 g/mol. The van der Waals surface area contributed by atoms with E-state index in [0.717, 1.165) is 32.6 Å². The number of fused-ring (bicyclic) bond motifs is 2. The van der Waals surface area contributed by atoms with Crippen LogP contribution >= 0.6 is 34.0 Å². The zero-order valence-electron chi connectivity index (χ0n) is 14.0. The fraction of sp³-hybridized carbons (Fsp3) is 0.368. The third kappa shape index (κ3) is 3.35. The molecule has 2 aromatic rings. The van der Waals surface area contributed by atoms with E-state index in [9.17, 15) is 0 Å². The van der Waals surface area contributed by atoms with Crippen LogP contribution in [-0.2, 0) is 13.0 Å². The monoisotopic (exact) mass is 453 g/mol. The van der Waals surface area contributed by atoms with E-state index in [1.807, 2.05) is 7.05 Å². The first-order valence-corrected chi connectivity index (χ1v) is 8.25. The van der Waals surface area contributed by atoms with Gasteiger partial charge in [-0.05, 0) is 49.7 Å². The van der Waals surface area contributed by atoms with E-state index in [2.05, 4.69) is 57.6 Å². The molecule has 0 aromatic heterocycles. The number of nitrogens with zero attached hydrogens (tertiary/aromatic N) is 2. The quantitative estimate of drug-likeness (QED) is 0.687. The molecule has 0 radical (unpaired) electrons. The van der Waals surface area contributed by atoms with Crippen molar-refractivity contribution >= 4 is 51.0 Å². The van der Waals surface area contributed by atoms with Gasteiger partial charge in [0.25, 0.3) is 0 Å². The molecule has 130 valence electrons. The Morgan fingerprint density at radius 3 is 2.50 bits per heavy atom. The Labute approximate surface area is 165 Å². The largest absolute Gasteiger partial charge is 0.365 e. The van der Waals surface area contributed by atoms with Crippen molar-refractivity contribution in [3.63, 3.8) is 0 Å². The number of benzene rings is 2. The van der Waals surface area contributed by atoms with Crippen LogP contribution in [-0.4, -0.2) is 26.7 Å². The Morgan fingerprint density at radius 1 is 0.958 bits per heavy atom. The number of hydrogen-bond donors (Lipinski definition) is 1. The lowest BCUT2D eigenvalue weighted by molar-refractivity contribution is 0.685. The minimum Gasteiger partial charge on any atom is -0.365 e. The lowest BCUT2D eigenvalue weighted by Crippen LogP contribution is -2.26. The number of para-hydroxylation sites is 3. The van der Waals surface area contributed by atoms with Gasteiger partial charge in [0.15, 0.2) is 0 Å². The van der Waals surface area contributed by atoms with E-state index in [1.54, 1.807) is 0 Å². The molecule has 3 nitrogen and oxygen atoms in total. The summed E-state index contributed by atoms with van der Waals surface area (Å²) < 4.78 is 0. The van der Waals surface area contributed by atoms with Gasteiger partial charge in [-0.25, -0.2) is 0 Å². The van der Waals surface area contributed by atoms with Gasteiger partial charge in [0, 0.05) is 25.3 Å². The highest BCUT2D eigenvalue weighted by Crippen LogP contribution is 2.45. The van der Waals surface area contributed by atoms with Crippen molar-refractivity contribution in [2.24, 2.45) is 0 Å². The topological polar surface area (TPSA) is 18.5 Å². The van der Waals surface area contributed by atoms with Crippen LogP contribution < -0.4 is 15.1 Å². The summed E-state index contributed by atoms with van der Waals surface area (Å²) in [4.78, 5) is 5.07. The summed E-state index contributed by atoms with van der Waals surface area (Å²) in [6, 6.07) is 15.7. The first-order chi connectivity index (χ1) is 10.9. The summed E-state index contributed by atoms with van der Waals surface area (Å²) in [5.41, 5.74) is 7.18. The highest BCUT2D eigenvalue weighted by atomic mass is 79.9. The predicted octanol–water partition coefficient (Wildman–Crippen LogP) is 4.47. The molecule has 5 heteroatoms. The van der Waals surface area contributed by atoms with Crippen molar-refractivity contribution in [3.8, 4) is 0 Å². The highest BCUT2D eigenvalue weighted by Gasteiger charge is 2.29. The lowest BCUT2D eigenvalue weighted by atomic mass is 10.1. The average Bonchev–Trinajstić information content (AvgIpc) is 2.93. The molecule has 0 spiro atoms. The van der Waals surface area contributed by atoms with Gasteiger partial charge < -0.3 is 15.1 Å². The molecular weight excluding hydrogens is 430 g/mol. The van der Waals surface area contributed by atoms with Crippen LogP contribution in [0.1, 0.15) is 17.5 Å². The molecule has 2 aromatic carbocycles. The van der Waals surface area contributed by atoms with Gasteiger partial charge in [-0.15, -0.1) is 34.0 Å². The maximum Gasteiger partial charge on any atom is 0.0648 e. The Kier molecular flexibility index (Phi) is 6.72. The number of anilines is 3. The Hall–Kier alpha value is -1.04. The van der Waals surface area contributed by atoms with E-state index >= 15 is 0 Å². The van der Waals surface area contributed by atoms with Gasteiger partial charge in [-0.2, -0.15) is 0 Å². The van der Waals surface area contributed by atoms with Crippen LogP contribution in [0.4, 0.5) is 17.1 Å². The Balaban J connectivity index is 0.00000104. The van der Waals surface area contributed by atoms with Crippen LogP contribution in [0, 0.1) is 0 Å². The van der Waals surface area contributed by atoms with Gasteiger partial charge in [-0.3, -0.25) is 0 Å². The lowest BCUT2D eigenvalue weighted by Gasteiger charge is -2.26. The van der Waals surface area contributed by atoms with Crippen LogP contribution in [0.25, 0.3) is 0 Å². The molecule has 0 unspecified atom stereocenters. The van der Waals surface area contributed by atoms with Crippen molar-refractivity contribution in [1.29, 1.82) is 0 Å². The molecule has 0 atom stereocenters. The third-order valence-corrected chi connectivity index (χ3v) is 4.81. The molecule has 2 heterocycles. The van der Waals surface area contributed by atoms with Crippen molar-refractivity contribution in [3.05, 3.63) is 53.6 Å². The molecule has 4 rings (SSSR count). The van der Waals surface area contributed by atoms with Crippen molar-refractivity contribution in [1.82, 2.24) is 5.32 Å². The summed E-state index contributed by atoms with van der Waals surface area (Å²) in [7, 11) is 2.03. The Bertz CT molecular complexity index is 690. The summed E-state index contributed by atoms with van der Waals surface area (Å²) >= 11 is 0. The molecule has 0 amide bonds. The molecule has 0 aliphatic carbocycles. The van der Waals surface area contributed by atoms with Gasteiger partial charge in [0.2, 0.25) is 0 Å². The third-order valence-electron chi connectivity index (χ3n) is 4.81. The normalized spacial score (nSPS) is 14.2. The summed E-state index contributed by atoms with van der Waals surface area (Å²) in [6.45, 7) is 4.28. The fourth-order valence-corrected chi connectivity index (χ4v) is 3.80.